The van der Waals surface area contributed by atoms with E-state index in [4.69, 9.17) is 11.6 Å². The van der Waals surface area contributed by atoms with Gasteiger partial charge >= 0.3 is 6.18 Å². The van der Waals surface area contributed by atoms with Crippen molar-refractivity contribution in [1.29, 1.82) is 0 Å². The van der Waals surface area contributed by atoms with Crippen LogP contribution in [0.15, 0.2) is 48.0 Å². The third kappa shape index (κ3) is 2.92. The molecule has 10 heteroatoms. The molecule has 0 amide bonds. The smallest absolute Gasteiger partial charge is 0.227 e. The summed E-state index contributed by atoms with van der Waals surface area (Å²) < 4.78 is 57.6. The minimum atomic E-state index is -4.72. The van der Waals surface area contributed by atoms with Gasteiger partial charge in [0.25, 0.3) is 0 Å². The van der Waals surface area contributed by atoms with E-state index in [2.05, 4.69) is 10.1 Å². The highest BCUT2D eigenvalue weighted by molar-refractivity contribution is 7.23. The first-order valence-corrected chi connectivity index (χ1v) is 10.3. The van der Waals surface area contributed by atoms with E-state index in [1.54, 1.807) is 17.5 Å². The van der Waals surface area contributed by atoms with Crippen molar-refractivity contribution in [2.24, 2.45) is 0 Å². The van der Waals surface area contributed by atoms with Crippen LogP contribution in [0.1, 0.15) is 5.69 Å². The second-order valence-electron chi connectivity index (χ2n) is 6.15. The molecule has 4 heterocycles. The van der Waals surface area contributed by atoms with Gasteiger partial charge in [-0.25, -0.2) is 13.9 Å². The van der Waals surface area contributed by atoms with E-state index < -0.39 is 17.7 Å². The SMILES string of the molecule is Fc1ccc2c(Cl)c(-c3c(-c4cccs4)nc4ccnn4c3C(F)(F)F)sc2c1. The molecule has 5 aromatic rings. The fraction of sp³-hybridized carbons (Fsp3) is 0.0526. The Bertz CT molecular complexity index is 1370. The Morgan fingerprint density at radius 3 is 2.66 bits per heavy atom. The second kappa shape index (κ2) is 6.51. The molecule has 0 fully saturated rings. The van der Waals surface area contributed by atoms with E-state index in [9.17, 15) is 17.6 Å². The minimum Gasteiger partial charge on any atom is -0.227 e. The van der Waals surface area contributed by atoms with Gasteiger partial charge in [0, 0.05) is 16.2 Å². The molecule has 5 rings (SSSR count). The van der Waals surface area contributed by atoms with Crippen LogP contribution in [-0.2, 0) is 6.18 Å². The molecular weight excluding hydrogens is 446 g/mol. The number of aromatic nitrogens is 3. The first kappa shape index (κ1) is 18.5. The lowest BCUT2D eigenvalue weighted by atomic mass is 10.1. The van der Waals surface area contributed by atoms with Gasteiger partial charge in [0.1, 0.15) is 5.82 Å². The highest BCUT2D eigenvalue weighted by atomic mass is 35.5. The average molecular weight is 454 g/mol. The Hall–Kier alpha value is -2.49. The number of nitrogens with zero attached hydrogens (tertiary/aromatic N) is 3. The maximum atomic E-state index is 14.2. The maximum absolute atomic E-state index is 14.2. The van der Waals surface area contributed by atoms with Gasteiger partial charge in [-0.3, -0.25) is 0 Å². The molecular formula is C19H8ClF4N3S2. The molecule has 0 bridgehead atoms. The van der Waals surface area contributed by atoms with E-state index in [1.807, 2.05) is 0 Å². The zero-order valence-corrected chi connectivity index (χ0v) is 16.6. The topological polar surface area (TPSA) is 30.2 Å². The molecule has 0 unspecified atom stereocenters. The van der Waals surface area contributed by atoms with Crippen LogP contribution >= 0.6 is 34.3 Å². The number of halogens is 5. The predicted octanol–water partition coefficient (Wildman–Crippen LogP) is 7.15. The third-order valence-corrected chi connectivity index (χ3v) is 6.93. The average Bonchev–Trinajstić information content (AvgIpc) is 3.39. The third-order valence-electron chi connectivity index (χ3n) is 4.38. The van der Waals surface area contributed by atoms with Crippen molar-refractivity contribution in [2.45, 2.75) is 6.18 Å². The number of hydrogen-bond donors (Lipinski definition) is 0. The van der Waals surface area contributed by atoms with E-state index in [0.717, 1.165) is 15.9 Å². The fourth-order valence-corrected chi connectivity index (χ4v) is 5.53. The van der Waals surface area contributed by atoms with Crippen molar-refractivity contribution >= 4 is 50.0 Å². The summed E-state index contributed by atoms with van der Waals surface area (Å²) in [6.07, 6.45) is -3.46. The lowest BCUT2D eigenvalue weighted by molar-refractivity contribution is -0.142. The monoisotopic (exact) mass is 453 g/mol. The van der Waals surface area contributed by atoms with Crippen molar-refractivity contribution in [1.82, 2.24) is 14.6 Å². The van der Waals surface area contributed by atoms with Crippen molar-refractivity contribution in [3.8, 4) is 21.0 Å². The summed E-state index contributed by atoms with van der Waals surface area (Å²) in [6.45, 7) is 0. The van der Waals surface area contributed by atoms with Gasteiger partial charge in [-0.2, -0.15) is 18.3 Å². The van der Waals surface area contributed by atoms with Crippen LogP contribution < -0.4 is 0 Å². The van der Waals surface area contributed by atoms with Crippen LogP contribution in [0.25, 0.3) is 36.7 Å². The first-order valence-electron chi connectivity index (χ1n) is 8.21. The quantitative estimate of drug-likeness (QED) is 0.266. The summed E-state index contributed by atoms with van der Waals surface area (Å²) in [7, 11) is 0. The summed E-state index contributed by atoms with van der Waals surface area (Å²) in [5.41, 5.74) is -0.894. The van der Waals surface area contributed by atoms with E-state index in [1.165, 1.54) is 41.8 Å². The van der Waals surface area contributed by atoms with Gasteiger partial charge in [-0.15, -0.1) is 22.7 Å². The van der Waals surface area contributed by atoms with Crippen molar-refractivity contribution in [3.05, 3.63) is 64.5 Å². The van der Waals surface area contributed by atoms with Gasteiger partial charge in [0.2, 0.25) is 0 Å². The van der Waals surface area contributed by atoms with Crippen LogP contribution in [0.5, 0.6) is 0 Å². The standard InChI is InChI=1S/C19H8ClF4N3S2/c20-15-10-4-3-9(21)8-12(10)29-17(15)14-16(11-2-1-7-28-11)26-13-5-6-25-27(13)18(14)19(22,23)24/h1-8H. The number of hydrogen-bond acceptors (Lipinski definition) is 4. The Morgan fingerprint density at radius 2 is 1.93 bits per heavy atom. The number of thiophene rings is 2. The van der Waals surface area contributed by atoms with E-state index >= 15 is 0 Å². The van der Waals surface area contributed by atoms with Gasteiger partial charge < -0.3 is 0 Å². The van der Waals surface area contributed by atoms with Crippen molar-refractivity contribution in [2.75, 3.05) is 0 Å². The van der Waals surface area contributed by atoms with E-state index in [-0.39, 0.29) is 26.8 Å². The zero-order valence-electron chi connectivity index (χ0n) is 14.2. The zero-order chi connectivity index (χ0) is 20.3. The summed E-state index contributed by atoms with van der Waals surface area (Å²) in [5, 5.41) is 6.20. The normalized spacial score (nSPS) is 12.3. The molecule has 4 aromatic heterocycles. The maximum Gasteiger partial charge on any atom is 0.434 e. The Labute approximate surface area is 173 Å². The molecule has 146 valence electrons. The van der Waals surface area contributed by atoms with Crippen molar-refractivity contribution < 1.29 is 17.6 Å². The van der Waals surface area contributed by atoms with Crippen LogP contribution in [0, 0.1) is 5.82 Å². The number of rotatable bonds is 2. The largest absolute Gasteiger partial charge is 0.434 e. The van der Waals surface area contributed by atoms with Gasteiger partial charge in [-0.1, -0.05) is 17.7 Å². The lowest BCUT2D eigenvalue weighted by Gasteiger charge is -2.17. The van der Waals surface area contributed by atoms with Crippen LogP contribution in [0.3, 0.4) is 0 Å². The summed E-state index contributed by atoms with van der Waals surface area (Å²) in [4.78, 5) is 5.18. The molecule has 1 aromatic carbocycles. The van der Waals surface area contributed by atoms with Crippen LogP contribution in [0.4, 0.5) is 17.6 Å². The highest BCUT2D eigenvalue weighted by Gasteiger charge is 2.40. The molecule has 0 aliphatic rings. The second-order valence-corrected chi connectivity index (χ2v) is 8.52. The molecule has 0 saturated carbocycles. The molecule has 0 aliphatic heterocycles. The van der Waals surface area contributed by atoms with Gasteiger partial charge in [-0.05, 0) is 29.6 Å². The molecule has 29 heavy (non-hydrogen) atoms. The van der Waals surface area contributed by atoms with Gasteiger partial charge in [0.15, 0.2) is 11.3 Å². The summed E-state index contributed by atoms with van der Waals surface area (Å²) in [6, 6.07) is 8.80. The number of fused-ring (bicyclic) bond motifs is 2. The lowest BCUT2D eigenvalue weighted by Crippen LogP contribution is -2.16. The Balaban J connectivity index is 1.97. The molecule has 0 radical (unpaired) electrons. The first-order chi connectivity index (χ1) is 13.8. The molecule has 0 atom stereocenters. The van der Waals surface area contributed by atoms with Crippen LogP contribution in [-0.4, -0.2) is 14.6 Å². The van der Waals surface area contributed by atoms with Crippen LogP contribution in [0.2, 0.25) is 5.02 Å². The number of alkyl halides is 3. The molecule has 0 saturated heterocycles. The molecule has 0 spiro atoms. The summed E-state index contributed by atoms with van der Waals surface area (Å²) in [5.74, 6) is -0.489. The molecule has 0 N–H and O–H groups in total. The molecule has 0 aliphatic carbocycles. The Kier molecular flexibility index (Phi) is 4.16. The Morgan fingerprint density at radius 1 is 1.10 bits per heavy atom. The molecule has 3 nitrogen and oxygen atoms in total. The van der Waals surface area contributed by atoms with Gasteiger partial charge in [0.05, 0.1) is 32.2 Å². The number of benzene rings is 1. The van der Waals surface area contributed by atoms with E-state index in [0.29, 0.717) is 15.0 Å². The predicted molar refractivity (Wildman–Crippen MR) is 107 cm³/mol. The van der Waals surface area contributed by atoms with Crippen molar-refractivity contribution in [3.63, 3.8) is 0 Å². The summed E-state index contributed by atoms with van der Waals surface area (Å²) >= 11 is 8.76. The fourth-order valence-electron chi connectivity index (χ4n) is 3.21. The minimum absolute atomic E-state index is 0.0766. The highest BCUT2D eigenvalue weighted by Crippen LogP contribution is 2.50.